The lowest BCUT2D eigenvalue weighted by atomic mass is 9.67. The van der Waals surface area contributed by atoms with Crippen LogP contribution in [0.1, 0.15) is 42.9 Å². The van der Waals surface area contributed by atoms with E-state index in [1.54, 1.807) is 14.2 Å². The van der Waals surface area contributed by atoms with Crippen molar-refractivity contribution in [2.24, 2.45) is 5.92 Å². The predicted molar refractivity (Wildman–Crippen MR) is 113 cm³/mol. The van der Waals surface area contributed by atoms with Gasteiger partial charge in [-0.25, -0.2) is 0 Å². The zero-order valence-corrected chi connectivity index (χ0v) is 17.5. The number of aliphatic hydroxyl groups is 1. The average Bonchev–Trinajstić information content (AvgIpc) is 2.69. The van der Waals surface area contributed by atoms with Gasteiger partial charge in [0.15, 0.2) is 0 Å². The number of hydrogen-bond donors (Lipinski definition) is 1. The van der Waals surface area contributed by atoms with Gasteiger partial charge in [-0.3, -0.25) is 0 Å². The molecule has 0 bridgehead atoms. The number of ether oxygens (including phenoxy) is 2. The third-order valence-corrected chi connectivity index (χ3v) is 6.08. The molecule has 1 aliphatic rings. The van der Waals surface area contributed by atoms with E-state index in [0.29, 0.717) is 6.42 Å². The molecule has 152 valence electrons. The maximum Gasteiger partial charge on any atom is 0.119 e. The van der Waals surface area contributed by atoms with Crippen molar-refractivity contribution in [2.75, 3.05) is 28.3 Å². The Hall–Kier alpha value is -2.04. The molecule has 0 saturated heterocycles. The van der Waals surface area contributed by atoms with Gasteiger partial charge >= 0.3 is 0 Å². The summed E-state index contributed by atoms with van der Waals surface area (Å²) in [5, 5.41) is 11.9. The highest BCUT2D eigenvalue weighted by atomic mass is 16.5. The van der Waals surface area contributed by atoms with Gasteiger partial charge < -0.3 is 19.5 Å². The van der Waals surface area contributed by atoms with Gasteiger partial charge in [-0.05, 0) is 62.3 Å². The molecule has 28 heavy (non-hydrogen) atoms. The summed E-state index contributed by atoms with van der Waals surface area (Å²) in [6.07, 6.45) is 4.70. The first kappa shape index (κ1) is 20.7. The Labute approximate surface area is 169 Å². The summed E-state index contributed by atoms with van der Waals surface area (Å²) in [6.45, 7) is 0. The minimum atomic E-state index is -0.747. The number of methoxy groups -OCH3 is 2. The van der Waals surface area contributed by atoms with Crippen LogP contribution in [0.2, 0.25) is 0 Å². The van der Waals surface area contributed by atoms with Crippen molar-refractivity contribution in [3.05, 3.63) is 59.7 Å². The number of hydrogen-bond acceptors (Lipinski definition) is 4. The predicted octanol–water partition coefficient (Wildman–Crippen LogP) is 4.47. The lowest BCUT2D eigenvalue weighted by Gasteiger charge is -2.46. The van der Waals surface area contributed by atoms with Crippen molar-refractivity contribution < 1.29 is 14.6 Å². The first-order valence-corrected chi connectivity index (χ1v) is 10.1. The third kappa shape index (κ3) is 4.50. The molecule has 1 saturated carbocycles. The molecule has 2 aromatic carbocycles. The normalized spacial score (nSPS) is 23.4. The fourth-order valence-electron chi connectivity index (χ4n) is 4.77. The standard InChI is InChI=1S/C24H33NO3/c1-25(2)23(19-10-8-12-21(16-19)28-4)22-13-5-6-14-24(22,26)17-18-9-7-11-20(15-18)27-3/h7-12,15-16,22-23,26H,5-6,13-14,17H2,1-4H3. The number of rotatable bonds is 7. The number of nitrogens with zero attached hydrogens (tertiary/aromatic N) is 1. The van der Waals surface area contributed by atoms with Crippen LogP contribution in [-0.4, -0.2) is 43.9 Å². The van der Waals surface area contributed by atoms with Gasteiger partial charge in [0.2, 0.25) is 0 Å². The van der Waals surface area contributed by atoms with Crippen LogP contribution in [0.5, 0.6) is 11.5 Å². The molecule has 4 heteroatoms. The summed E-state index contributed by atoms with van der Waals surface area (Å²) in [5.41, 5.74) is 1.57. The third-order valence-electron chi connectivity index (χ3n) is 6.08. The van der Waals surface area contributed by atoms with E-state index >= 15 is 0 Å². The topological polar surface area (TPSA) is 41.9 Å². The van der Waals surface area contributed by atoms with Crippen LogP contribution in [0.3, 0.4) is 0 Å². The summed E-state index contributed by atoms with van der Waals surface area (Å²) in [6, 6.07) is 16.5. The van der Waals surface area contributed by atoms with Crippen molar-refractivity contribution >= 4 is 0 Å². The molecule has 0 aliphatic heterocycles. The van der Waals surface area contributed by atoms with E-state index in [2.05, 4.69) is 37.2 Å². The fourth-order valence-corrected chi connectivity index (χ4v) is 4.77. The summed E-state index contributed by atoms with van der Waals surface area (Å²) in [4.78, 5) is 2.24. The molecule has 0 radical (unpaired) electrons. The van der Waals surface area contributed by atoms with E-state index in [1.807, 2.05) is 30.3 Å². The highest BCUT2D eigenvalue weighted by Crippen LogP contribution is 2.45. The van der Waals surface area contributed by atoms with Gasteiger partial charge in [0, 0.05) is 18.4 Å². The monoisotopic (exact) mass is 383 g/mol. The van der Waals surface area contributed by atoms with Crippen LogP contribution in [0, 0.1) is 5.92 Å². The molecule has 0 amide bonds. The van der Waals surface area contributed by atoms with E-state index < -0.39 is 5.60 Å². The van der Waals surface area contributed by atoms with Gasteiger partial charge in [0.25, 0.3) is 0 Å². The smallest absolute Gasteiger partial charge is 0.119 e. The molecule has 0 heterocycles. The van der Waals surface area contributed by atoms with E-state index in [9.17, 15) is 5.11 Å². The molecule has 1 fully saturated rings. The van der Waals surface area contributed by atoms with Crippen molar-refractivity contribution in [3.8, 4) is 11.5 Å². The highest BCUT2D eigenvalue weighted by Gasteiger charge is 2.44. The van der Waals surface area contributed by atoms with Crippen LogP contribution in [0.25, 0.3) is 0 Å². The largest absolute Gasteiger partial charge is 0.497 e. The zero-order valence-electron chi connectivity index (χ0n) is 17.5. The molecule has 1 aliphatic carbocycles. The van der Waals surface area contributed by atoms with Crippen LogP contribution in [0.15, 0.2) is 48.5 Å². The Morgan fingerprint density at radius 1 is 1.04 bits per heavy atom. The van der Waals surface area contributed by atoms with Gasteiger partial charge in [-0.1, -0.05) is 37.1 Å². The van der Waals surface area contributed by atoms with Crippen LogP contribution in [0.4, 0.5) is 0 Å². The summed E-state index contributed by atoms with van der Waals surface area (Å²) in [7, 11) is 7.58. The zero-order chi connectivity index (χ0) is 20.1. The minimum absolute atomic E-state index is 0.131. The Morgan fingerprint density at radius 3 is 2.39 bits per heavy atom. The average molecular weight is 384 g/mol. The second-order valence-electron chi connectivity index (χ2n) is 8.17. The molecule has 3 unspecified atom stereocenters. The molecule has 2 aromatic rings. The second-order valence-corrected chi connectivity index (χ2v) is 8.17. The molecule has 1 N–H and O–H groups in total. The van der Waals surface area contributed by atoms with Crippen LogP contribution < -0.4 is 9.47 Å². The van der Waals surface area contributed by atoms with Gasteiger partial charge in [0.1, 0.15) is 11.5 Å². The molecule has 4 nitrogen and oxygen atoms in total. The summed E-state index contributed by atoms with van der Waals surface area (Å²) < 4.78 is 10.8. The maximum atomic E-state index is 11.9. The van der Waals surface area contributed by atoms with Gasteiger partial charge in [-0.15, -0.1) is 0 Å². The Morgan fingerprint density at radius 2 is 1.71 bits per heavy atom. The summed E-state index contributed by atoms with van der Waals surface area (Å²) >= 11 is 0. The minimum Gasteiger partial charge on any atom is -0.497 e. The van der Waals surface area contributed by atoms with E-state index in [4.69, 9.17) is 9.47 Å². The van der Waals surface area contributed by atoms with Crippen molar-refractivity contribution in [1.82, 2.24) is 4.90 Å². The van der Waals surface area contributed by atoms with E-state index in [1.165, 1.54) is 5.56 Å². The highest BCUT2D eigenvalue weighted by molar-refractivity contribution is 5.33. The Bertz CT molecular complexity index is 776. The van der Waals surface area contributed by atoms with Gasteiger partial charge in [-0.2, -0.15) is 0 Å². The molecule has 3 rings (SSSR count). The van der Waals surface area contributed by atoms with Gasteiger partial charge in [0.05, 0.1) is 19.8 Å². The molecule has 0 aromatic heterocycles. The van der Waals surface area contributed by atoms with Crippen molar-refractivity contribution in [3.63, 3.8) is 0 Å². The van der Waals surface area contributed by atoms with Crippen LogP contribution in [-0.2, 0) is 6.42 Å². The maximum absolute atomic E-state index is 11.9. The van der Waals surface area contributed by atoms with Crippen LogP contribution >= 0.6 is 0 Å². The SMILES string of the molecule is COc1cccc(CC2(O)CCCCC2C(c2cccc(OC)c2)N(C)C)c1. The number of benzene rings is 2. The fraction of sp³-hybridized carbons (Fsp3) is 0.500. The molecule has 0 spiro atoms. The second kappa shape index (κ2) is 8.97. The lowest BCUT2D eigenvalue weighted by Crippen LogP contribution is -2.48. The molecular formula is C24H33NO3. The lowest BCUT2D eigenvalue weighted by molar-refractivity contribution is -0.0771. The Kier molecular flexibility index (Phi) is 6.63. The first-order valence-electron chi connectivity index (χ1n) is 10.1. The Balaban J connectivity index is 1.94. The summed E-state index contributed by atoms with van der Waals surface area (Å²) in [5.74, 6) is 1.84. The van der Waals surface area contributed by atoms with E-state index in [0.717, 1.165) is 42.7 Å². The van der Waals surface area contributed by atoms with E-state index in [-0.39, 0.29) is 12.0 Å². The van der Waals surface area contributed by atoms with Crippen molar-refractivity contribution in [1.29, 1.82) is 0 Å². The molecule has 3 atom stereocenters. The quantitative estimate of drug-likeness (QED) is 0.766. The van der Waals surface area contributed by atoms with Crippen molar-refractivity contribution in [2.45, 2.75) is 43.7 Å². The first-order chi connectivity index (χ1) is 13.5. The molecular weight excluding hydrogens is 350 g/mol.